The van der Waals surface area contributed by atoms with E-state index in [2.05, 4.69) is 0 Å². The first kappa shape index (κ1) is 17.2. The first-order valence-corrected chi connectivity index (χ1v) is 9.01. The zero-order valence-corrected chi connectivity index (χ0v) is 14.8. The molecule has 0 radical (unpaired) electrons. The molecule has 5 heteroatoms. The van der Waals surface area contributed by atoms with Crippen LogP contribution in [0.1, 0.15) is 35.1 Å². The Hall–Kier alpha value is -3.21. The van der Waals surface area contributed by atoms with Crippen LogP contribution in [0.3, 0.4) is 0 Å². The number of rotatable bonds is 5. The van der Waals surface area contributed by atoms with Crippen LogP contribution in [0.15, 0.2) is 60.9 Å². The van der Waals surface area contributed by atoms with Crippen molar-refractivity contribution in [2.45, 2.75) is 31.4 Å². The molecule has 1 aliphatic rings. The van der Waals surface area contributed by atoms with E-state index >= 15 is 0 Å². The van der Waals surface area contributed by atoms with Gasteiger partial charge in [0.1, 0.15) is 29.6 Å². The van der Waals surface area contributed by atoms with Crippen molar-refractivity contribution in [1.29, 1.82) is 0 Å². The second-order valence-corrected chi connectivity index (χ2v) is 6.87. The van der Waals surface area contributed by atoms with Crippen LogP contribution >= 0.6 is 0 Å². The number of phenols is 2. The van der Waals surface area contributed by atoms with E-state index in [-0.39, 0.29) is 23.5 Å². The average molecular weight is 363 g/mol. The van der Waals surface area contributed by atoms with Crippen molar-refractivity contribution in [1.82, 2.24) is 4.57 Å². The number of carbonyl (C=O) groups is 1. The van der Waals surface area contributed by atoms with Crippen LogP contribution in [-0.2, 0) is 17.8 Å². The van der Waals surface area contributed by atoms with E-state index in [1.165, 1.54) is 0 Å². The third-order valence-electron chi connectivity index (χ3n) is 5.08. The quantitative estimate of drug-likeness (QED) is 0.674. The first-order valence-electron chi connectivity index (χ1n) is 9.01. The molecule has 138 valence electrons. The highest BCUT2D eigenvalue weighted by Crippen LogP contribution is 2.44. The Morgan fingerprint density at radius 3 is 2.56 bits per heavy atom. The summed E-state index contributed by atoms with van der Waals surface area (Å²) in [5, 5.41) is 19.9. The summed E-state index contributed by atoms with van der Waals surface area (Å²) in [4.78, 5) is 11.7. The van der Waals surface area contributed by atoms with E-state index in [0.717, 1.165) is 29.5 Å². The monoisotopic (exact) mass is 363 g/mol. The fraction of sp³-hybridized carbons (Fsp3) is 0.227. The second-order valence-electron chi connectivity index (χ2n) is 6.87. The summed E-state index contributed by atoms with van der Waals surface area (Å²) in [6.45, 7) is 0.752. The molecule has 0 aliphatic carbocycles. The Kier molecular flexibility index (Phi) is 4.59. The summed E-state index contributed by atoms with van der Waals surface area (Å²) in [6.07, 6.45) is 5.81. The van der Waals surface area contributed by atoms with Gasteiger partial charge in [-0.3, -0.25) is 0 Å². The number of aromatic nitrogens is 1. The fourth-order valence-electron chi connectivity index (χ4n) is 3.57. The zero-order chi connectivity index (χ0) is 18.8. The number of benzene rings is 2. The Balaban J connectivity index is 1.60. The Bertz CT molecular complexity index is 932. The van der Waals surface area contributed by atoms with Crippen molar-refractivity contribution in [3.63, 3.8) is 0 Å². The minimum atomic E-state index is -0.293. The number of phenolic OH excluding ortho intramolecular Hbond substituents is 2. The van der Waals surface area contributed by atoms with Gasteiger partial charge < -0.3 is 24.3 Å². The second kappa shape index (κ2) is 7.19. The molecular weight excluding hydrogens is 342 g/mol. The molecular formula is C22H21NO4. The number of hydrogen-bond acceptors (Lipinski definition) is 4. The van der Waals surface area contributed by atoms with Crippen LogP contribution in [0.2, 0.25) is 0 Å². The molecule has 2 heterocycles. The normalized spacial score (nSPS) is 18.5. The van der Waals surface area contributed by atoms with Crippen molar-refractivity contribution in [2.24, 2.45) is 0 Å². The van der Waals surface area contributed by atoms with E-state index in [4.69, 9.17) is 4.74 Å². The molecule has 5 nitrogen and oxygen atoms in total. The van der Waals surface area contributed by atoms with Crippen LogP contribution < -0.4 is 4.74 Å². The van der Waals surface area contributed by atoms with Crippen molar-refractivity contribution < 1.29 is 19.7 Å². The van der Waals surface area contributed by atoms with Gasteiger partial charge in [0.05, 0.1) is 0 Å². The highest BCUT2D eigenvalue weighted by molar-refractivity contribution is 5.67. The van der Waals surface area contributed by atoms with E-state index < -0.39 is 0 Å². The molecule has 0 fully saturated rings. The molecule has 3 aromatic rings. The minimum absolute atomic E-state index is 0.178. The zero-order valence-electron chi connectivity index (χ0n) is 14.8. The lowest BCUT2D eigenvalue weighted by atomic mass is 9.87. The maximum Gasteiger partial charge on any atom is 0.127 e. The predicted octanol–water partition coefficient (Wildman–Crippen LogP) is 3.95. The average Bonchev–Trinajstić information content (AvgIpc) is 3.19. The van der Waals surface area contributed by atoms with Crippen LogP contribution in [-0.4, -0.2) is 21.1 Å². The summed E-state index contributed by atoms with van der Waals surface area (Å²) in [6, 6.07) is 14.2. The lowest BCUT2D eigenvalue weighted by molar-refractivity contribution is -0.110. The van der Waals surface area contributed by atoms with Gasteiger partial charge in [-0.1, -0.05) is 12.1 Å². The predicted molar refractivity (Wildman–Crippen MR) is 101 cm³/mol. The lowest BCUT2D eigenvalue weighted by Crippen LogP contribution is -2.20. The molecule has 0 saturated carbocycles. The molecule has 1 aliphatic heterocycles. The third-order valence-corrected chi connectivity index (χ3v) is 5.08. The van der Waals surface area contributed by atoms with Gasteiger partial charge in [0.25, 0.3) is 0 Å². The van der Waals surface area contributed by atoms with Crippen molar-refractivity contribution in [3.05, 3.63) is 77.6 Å². The molecule has 1 aromatic heterocycles. The molecule has 2 atom stereocenters. The molecule has 0 saturated heterocycles. The summed E-state index contributed by atoms with van der Waals surface area (Å²) in [7, 11) is 0. The Morgan fingerprint density at radius 2 is 1.85 bits per heavy atom. The molecule has 2 aromatic carbocycles. The van der Waals surface area contributed by atoms with Gasteiger partial charge >= 0.3 is 0 Å². The largest absolute Gasteiger partial charge is 0.508 e. The number of aldehydes is 1. The number of nitrogens with zero attached hydrogens (tertiary/aromatic N) is 1. The van der Waals surface area contributed by atoms with Crippen molar-refractivity contribution >= 4 is 6.29 Å². The summed E-state index contributed by atoms with van der Waals surface area (Å²) in [5.74, 6) is 0.612. The molecule has 2 unspecified atom stereocenters. The molecule has 4 rings (SSSR count). The van der Waals surface area contributed by atoms with Gasteiger partial charge in [0, 0.05) is 42.9 Å². The maximum absolute atomic E-state index is 11.7. The van der Waals surface area contributed by atoms with Gasteiger partial charge in [-0.2, -0.15) is 0 Å². The lowest BCUT2D eigenvalue weighted by Gasteiger charge is -2.30. The molecule has 2 N–H and O–H groups in total. The van der Waals surface area contributed by atoms with Crippen LogP contribution in [0, 0.1) is 0 Å². The summed E-state index contributed by atoms with van der Waals surface area (Å²) >= 11 is 0. The smallest absolute Gasteiger partial charge is 0.127 e. The van der Waals surface area contributed by atoms with Gasteiger partial charge in [-0.05, 0) is 47.9 Å². The van der Waals surface area contributed by atoms with Gasteiger partial charge in [0.15, 0.2) is 0 Å². The van der Waals surface area contributed by atoms with Crippen LogP contribution in [0.5, 0.6) is 17.2 Å². The van der Waals surface area contributed by atoms with Crippen LogP contribution in [0.25, 0.3) is 0 Å². The molecule has 0 amide bonds. The van der Waals surface area contributed by atoms with Gasteiger partial charge in [-0.15, -0.1) is 0 Å². The number of aromatic hydroxyl groups is 2. The maximum atomic E-state index is 11.7. The highest BCUT2D eigenvalue weighted by Gasteiger charge is 2.30. The number of aryl methyl sites for hydroxylation is 2. The number of hydrogen-bond donors (Lipinski definition) is 2. The highest BCUT2D eigenvalue weighted by atomic mass is 16.5. The summed E-state index contributed by atoms with van der Waals surface area (Å²) in [5.41, 5.74) is 2.52. The van der Waals surface area contributed by atoms with E-state index in [1.807, 2.05) is 35.2 Å². The van der Waals surface area contributed by atoms with Gasteiger partial charge in [-0.25, -0.2) is 0 Å². The van der Waals surface area contributed by atoms with Crippen molar-refractivity contribution in [2.75, 3.05) is 0 Å². The van der Waals surface area contributed by atoms with Gasteiger partial charge in [0.2, 0.25) is 0 Å². The Morgan fingerprint density at radius 1 is 1.11 bits per heavy atom. The number of fused-ring (bicyclic) bond motifs is 1. The molecule has 0 bridgehead atoms. The molecule has 27 heavy (non-hydrogen) atoms. The number of carbonyl (C=O) groups excluding carboxylic acids is 1. The summed E-state index contributed by atoms with van der Waals surface area (Å²) < 4.78 is 8.12. The minimum Gasteiger partial charge on any atom is -0.508 e. The van der Waals surface area contributed by atoms with Crippen LogP contribution in [0.4, 0.5) is 0 Å². The Labute approximate surface area is 157 Å². The SMILES string of the molecule is O=CC1CC(c2ccc(O)cc2)Oc2cc(O)c(CCn3cccc3)cc21. The molecule has 0 spiro atoms. The fourth-order valence-corrected chi connectivity index (χ4v) is 3.57. The first-order chi connectivity index (χ1) is 13.1. The third kappa shape index (κ3) is 3.53. The van der Waals surface area contributed by atoms with E-state index in [9.17, 15) is 15.0 Å². The topological polar surface area (TPSA) is 71.7 Å². The standard InChI is InChI=1S/C22H21NO4/c24-14-17-12-21(15-3-5-18(25)6-4-15)27-22-13-20(26)16(11-19(17)22)7-10-23-8-1-2-9-23/h1-6,8-9,11,13-14,17,21,25-26H,7,10,12H2. The van der Waals surface area contributed by atoms with Crippen molar-refractivity contribution in [3.8, 4) is 17.2 Å². The van der Waals surface area contributed by atoms with E-state index in [0.29, 0.717) is 18.6 Å². The number of ether oxygens (including phenoxy) is 1. The van der Waals surface area contributed by atoms with E-state index in [1.54, 1.807) is 30.3 Å².